The highest BCUT2D eigenvalue weighted by atomic mass is 16.5. The molecule has 2 aliphatic rings. The van der Waals surface area contributed by atoms with Crippen molar-refractivity contribution in [2.24, 2.45) is 0 Å². The van der Waals surface area contributed by atoms with E-state index in [-0.39, 0.29) is 0 Å². The van der Waals surface area contributed by atoms with E-state index in [1.165, 1.54) is 11.1 Å². The quantitative estimate of drug-likeness (QED) is 0.733. The number of likely N-dealkylation sites (N-methyl/N-ethyl adjacent to an activating group) is 1. The average molecular weight is 233 g/mol. The Balaban J connectivity index is 1.96. The van der Waals surface area contributed by atoms with Crippen LogP contribution in [0.1, 0.15) is 11.1 Å². The first-order chi connectivity index (χ1) is 8.29. The minimum Gasteiger partial charge on any atom is -0.496 e. The van der Waals surface area contributed by atoms with Crippen LogP contribution in [-0.4, -0.2) is 44.4 Å². The van der Waals surface area contributed by atoms with Crippen molar-refractivity contribution >= 4 is 0 Å². The van der Waals surface area contributed by atoms with Crippen LogP contribution < -0.4 is 4.74 Å². The van der Waals surface area contributed by atoms with Gasteiger partial charge in [0.05, 0.1) is 19.8 Å². The van der Waals surface area contributed by atoms with Gasteiger partial charge in [-0.1, -0.05) is 12.1 Å². The van der Waals surface area contributed by atoms with E-state index in [1.54, 1.807) is 7.11 Å². The standard InChI is InChI=1S/C14H19NO2/c1-15-6-7-17-14-8-10-4-3-5-13(16-2)11(10)9-12(14)15/h3-5,12,14H,6-9H2,1-2H3/t12-,14-/m1/s1. The number of morpholine rings is 1. The van der Waals surface area contributed by atoms with E-state index in [2.05, 4.69) is 30.1 Å². The fraction of sp³-hybridized carbons (Fsp3) is 0.571. The monoisotopic (exact) mass is 233 g/mol. The lowest BCUT2D eigenvalue weighted by atomic mass is 9.84. The molecule has 1 aromatic carbocycles. The highest BCUT2D eigenvalue weighted by Crippen LogP contribution is 2.33. The van der Waals surface area contributed by atoms with Crippen LogP contribution in [0.2, 0.25) is 0 Å². The summed E-state index contributed by atoms with van der Waals surface area (Å²) < 4.78 is 11.4. The summed E-state index contributed by atoms with van der Waals surface area (Å²) in [6.45, 7) is 1.89. The summed E-state index contributed by atoms with van der Waals surface area (Å²) in [6, 6.07) is 6.84. The van der Waals surface area contributed by atoms with Crippen molar-refractivity contribution in [3.05, 3.63) is 29.3 Å². The Morgan fingerprint density at radius 1 is 1.35 bits per heavy atom. The Bertz CT molecular complexity index is 419. The molecule has 1 aliphatic heterocycles. The Morgan fingerprint density at radius 3 is 3.06 bits per heavy atom. The molecule has 1 aromatic rings. The molecule has 0 radical (unpaired) electrons. The molecular formula is C14H19NO2. The van der Waals surface area contributed by atoms with Gasteiger partial charge in [0.2, 0.25) is 0 Å². The van der Waals surface area contributed by atoms with Gasteiger partial charge in [-0.25, -0.2) is 0 Å². The van der Waals surface area contributed by atoms with Gasteiger partial charge in [0.15, 0.2) is 0 Å². The van der Waals surface area contributed by atoms with Gasteiger partial charge in [-0.05, 0) is 30.7 Å². The molecule has 3 rings (SSSR count). The zero-order valence-corrected chi connectivity index (χ0v) is 10.5. The number of benzene rings is 1. The van der Waals surface area contributed by atoms with E-state index in [0.717, 1.165) is 31.7 Å². The van der Waals surface area contributed by atoms with Gasteiger partial charge in [0, 0.05) is 19.0 Å². The van der Waals surface area contributed by atoms with E-state index in [1.807, 2.05) is 0 Å². The number of hydrogen-bond donors (Lipinski definition) is 0. The smallest absolute Gasteiger partial charge is 0.122 e. The summed E-state index contributed by atoms with van der Waals surface area (Å²) in [5, 5.41) is 0. The van der Waals surface area contributed by atoms with Crippen LogP contribution in [0.5, 0.6) is 5.75 Å². The predicted octanol–water partition coefficient (Wildman–Crippen LogP) is 1.49. The van der Waals surface area contributed by atoms with Crippen LogP contribution in [0.15, 0.2) is 18.2 Å². The first-order valence-corrected chi connectivity index (χ1v) is 6.26. The molecule has 0 bridgehead atoms. The van der Waals surface area contributed by atoms with Crippen LogP contribution in [0.25, 0.3) is 0 Å². The molecule has 1 aliphatic carbocycles. The van der Waals surface area contributed by atoms with Gasteiger partial charge in [-0.3, -0.25) is 4.90 Å². The maximum Gasteiger partial charge on any atom is 0.122 e. The highest BCUT2D eigenvalue weighted by Gasteiger charge is 2.35. The molecule has 2 atom stereocenters. The molecule has 1 saturated heterocycles. The van der Waals surface area contributed by atoms with Gasteiger partial charge < -0.3 is 9.47 Å². The molecule has 92 valence electrons. The van der Waals surface area contributed by atoms with Crippen molar-refractivity contribution in [1.29, 1.82) is 0 Å². The second-order valence-corrected chi connectivity index (χ2v) is 4.96. The largest absolute Gasteiger partial charge is 0.496 e. The number of ether oxygens (including phenoxy) is 2. The lowest BCUT2D eigenvalue weighted by Gasteiger charge is -2.42. The average Bonchev–Trinajstić information content (AvgIpc) is 2.36. The number of nitrogens with zero attached hydrogens (tertiary/aromatic N) is 1. The Labute approximate surface area is 102 Å². The molecule has 0 saturated carbocycles. The van der Waals surface area contributed by atoms with Crippen molar-refractivity contribution in [3.63, 3.8) is 0 Å². The van der Waals surface area contributed by atoms with Crippen molar-refractivity contribution in [2.45, 2.75) is 25.0 Å². The maximum atomic E-state index is 5.90. The summed E-state index contributed by atoms with van der Waals surface area (Å²) in [6.07, 6.45) is 2.41. The van der Waals surface area contributed by atoms with E-state index in [0.29, 0.717) is 12.1 Å². The fourth-order valence-electron chi connectivity index (χ4n) is 3.04. The van der Waals surface area contributed by atoms with Crippen molar-refractivity contribution in [3.8, 4) is 5.75 Å². The van der Waals surface area contributed by atoms with Crippen LogP contribution in [-0.2, 0) is 17.6 Å². The van der Waals surface area contributed by atoms with Gasteiger partial charge in [0.1, 0.15) is 5.75 Å². The summed E-state index contributed by atoms with van der Waals surface area (Å²) in [5.74, 6) is 1.03. The lowest BCUT2D eigenvalue weighted by Crippen LogP contribution is -2.53. The predicted molar refractivity (Wildman–Crippen MR) is 66.6 cm³/mol. The third-order valence-electron chi connectivity index (χ3n) is 4.06. The summed E-state index contributed by atoms with van der Waals surface area (Å²) in [7, 11) is 3.95. The summed E-state index contributed by atoms with van der Waals surface area (Å²) in [4.78, 5) is 2.42. The van der Waals surface area contributed by atoms with Gasteiger partial charge in [-0.2, -0.15) is 0 Å². The van der Waals surface area contributed by atoms with Gasteiger partial charge in [0.25, 0.3) is 0 Å². The lowest BCUT2D eigenvalue weighted by molar-refractivity contribution is -0.0645. The first kappa shape index (κ1) is 11.1. The van der Waals surface area contributed by atoms with Crippen LogP contribution in [0, 0.1) is 0 Å². The molecular weight excluding hydrogens is 214 g/mol. The molecule has 0 N–H and O–H groups in total. The molecule has 0 unspecified atom stereocenters. The Kier molecular flexibility index (Phi) is 2.81. The summed E-state index contributed by atoms with van der Waals surface area (Å²) in [5.41, 5.74) is 2.76. The van der Waals surface area contributed by atoms with Crippen molar-refractivity contribution < 1.29 is 9.47 Å². The number of hydrogen-bond acceptors (Lipinski definition) is 3. The highest BCUT2D eigenvalue weighted by molar-refractivity contribution is 5.43. The molecule has 0 spiro atoms. The van der Waals surface area contributed by atoms with Crippen LogP contribution in [0.3, 0.4) is 0 Å². The number of fused-ring (bicyclic) bond motifs is 2. The maximum absolute atomic E-state index is 5.90. The fourth-order valence-corrected chi connectivity index (χ4v) is 3.04. The van der Waals surface area contributed by atoms with E-state index < -0.39 is 0 Å². The molecule has 1 fully saturated rings. The van der Waals surface area contributed by atoms with Crippen molar-refractivity contribution in [1.82, 2.24) is 4.90 Å². The molecule has 1 heterocycles. The number of rotatable bonds is 1. The molecule has 3 nitrogen and oxygen atoms in total. The van der Waals surface area contributed by atoms with Crippen molar-refractivity contribution in [2.75, 3.05) is 27.3 Å². The first-order valence-electron chi connectivity index (χ1n) is 6.26. The normalized spacial score (nSPS) is 28.4. The molecule has 0 aromatic heterocycles. The zero-order chi connectivity index (χ0) is 11.8. The third-order valence-corrected chi connectivity index (χ3v) is 4.06. The topological polar surface area (TPSA) is 21.7 Å². The second-order valence-electron chi connectivity index (χ2n) is 4.96. The zero-order valence-electron chi connectivity index (χ0n) is 10.5. The van der Waals surface area contributed by atoms with E-state index in [4.69, 9.17) is 9.47 Å². The Hall–Kier alpha value is -1.06. The third kappa shape index (κ3) is 1.83. The van der Waals surface area contributed by atoms with E-state index >= 15 is 0 Å². The Morgan fingerprint density at radius 2 is 2.24 bits per heavy atom. The van der Waals surface area contributed by atoms with E-state index in [9.17, 15) is 0 Å². The molecule has 0 amide bonds. The minimum absolute atomic E-state index is 0.355. The second kappa shape index (κ2) is 4.31. The van der Waals surface area contributed by atoms with Crippen LogP contribution >= 0.6 is 0 Å². The van der Waals surface area contributed by atoms with Crippen LogP contribution in [0.4, 0.5) is 0 Å². The summed E-state index contributed by atoms with van der Waals surface area (Å²) >= 11 is 0. The number of methoxy groups -OCH3 is 1. The minimum atomic E-state index is 0.355. The van der Waals surface area contributed by atoms with Gasteiger partial charge >= 0.3 is 0 Å². The SMILES string of the molecule is COc1cccc2c1C[C@@H]1[C@@H](C2)OCCN1C. The molecule has 17 heavy (non-hydrogen) atoms. The van der Waals surface area contributed by atoms with Gasteiger partial charge in [-0.15, -0.1) is 0 Å². The molecule has 3 heteroatoms.